The lowest BCUT2D eigenvalue weighted by molar-refractivity contribution is 0.136. The van der Waals surface area contributed by atoms with E-state index >= 15 is 0 Å². The molecule has 1 aromatic rings. The minimum atomic E-state index is 0.619. The molecule has 1 unspecified atom stereocenters. The molecule has 1 atom stereocenters. The van der Waals surface area contributed by atoms with Crippen molar-refractivity contribution in [2.24, 2.45) is 0 Å². The highest BCUT2D eigenvalue weighted by atomic mass is 35.5. The lowest BCUT2D eigenvalue weighted by atomic mass is 10.0. The molecule has 0 spiro atoms. The molecule has 2 rings (SSSR count). The van der Waals surface area contributed by atoms with Crippen molar-refractivity contribution >= 4 is 11.6 Å². The van der Waals surface area contributed by atoms with Gasteiger partial charge in [0, 0.05) is 29.7 Å². The molecule has 1 heterocycles. The summed E-state index contributed by atoms with van der Waals surface area (Å²) in [6.45, 7) is 6.47. The summed E-state index contributed by atoms with van der Waals surface area (Å²) in [5, 5.41) is 4.34. The van der Waals surface area contributed by atoms with E-state index in [1.54, 1.807) is 7.11 Å². The maximum atomic E-state index is 6.14. The van der Waals surface area contributed by atoms with E-state index < -0.39 is 0 Å². The highest BCUT2D eigenvalue weighted by molar-refractivity contribution is 6.30. The van der Waals surface area contributed by atoms with Crippen LogP contribution in [0, 0.1) is 0 Å². The first kappa shape index (κ1) is 16.6. The average Bonchev–Trinajstić information content (AvgIpc) is 2.49. The molecular weight excluding hydrogens is 284 g/mol. The monoisotopic (exact) mass is 310 g/mol. The highest BCUT2D eigenvalue weighted by Gasteiger charge is 2.23. The average molecular weight is 311 g/mol. The van der Waals surface area contributed by atoms with Crippen LogP contribution in [0.5, 0.6) is 5.75 Å². The van der Waals surface area contributed by atoms with Crippen LogP contribution in [0.4, 0.5) is 0 Å². The van der Waals surface area contributed by atoms with Gasteiger partial charge in [-0.1, -0.05) is 24.9 Å². The quantitative estimate of drug-likeness (QED) is 0.777. The first-order valence-corrected chi connectivity index (χ1v) is 8.39. The van der Waals surface area contributed by atoms with Gasteiger partial charge in [-0.2, -0.15) is 0 Å². The van der Waals surface area contributed by atoms with Crippen molar-refractivity contribution in [3.63, 3.8) is 0 Å². The number of hydrogen-bond donors (Lipinski definition) is 1. The summed E-state index contributed by atoms with van der Waals surface area (Å²) < 4.78 is 5.47. The van der Waals surface area contributed by atoms with Crippen LogP contribution in [-0.2, 0) is 6.54 Å². The number of methoxy groups -OCH3 is 1. The van der Waals surface area contributed by atoms with Gasteiger partial charge in [0.05, 0.1) is 7.11 Å². The van der Waals surface area contributed by atoms with Crippen LogP contribution in [0.2, 0.25) is 5.02 Å². The number of piperidine rings is 1. The first-order valence-electron chi connectivity index (χ1n) is 8.01. The Balaban J connectivity index is 2.02. The number of benzene rings is 1. The van der Waals surface area contributed by atoms with Crippen molar-refractivity contribution in [3.05, 3.63) is 28.8 Å². The maximum Gasteiger partial charge on any atom is 0.123 e. The van der Waals surface area contributed by atoms with Crippen molar-refractivity contribution in [2.75, 3.05) is 26.7 Å². The third-order valence-electron chi connectivity index (χ3n) is 4.17. The Morgan fingerprint density at radius 1 is 1.38 bits per heavy atom. The summed E-state index contributed by atoms with van der Waals surface area (Å²) in [5.74, 6) is 0.935. The molecule has 0 aromatic heterocycles. The van der Waals surface area contributed by atoms with Crippen LogP contribution >= 0.6 is 11.6 Å². The van der Waals surface area contributed by atoms with Gasteiger partial charge in [0.1, 0.15) is 5.75 Å². The van der Waals surface area contributed by atoms with Crippen molar-refractivity contribution in [3.8, 4) is 5.75 Å². The number of hydrogen-bond acceptors (Lipinski definition) is 3. The highest BCUT2D eigenvalue weighted by Crippen LogP contribution is 2.27. The minimum Gasteiger partial charge on any atom is -0.496 e. The van der Waals surface area contributed by atoms with Crippen LogP contribution in [0.1, 0.15) is 38.2 Å². The van der Waals surface area contributed by atoms with Gasteiger partial charge in [0.2, 0.25) is 0 Å². The second kappa shape index (κ2) is 8.62. The van der Waals surface area contributed by atoms with Gasteiger partial charge in [-0.05, 0) is 50.6 Å². The van der Waals surface area contributed by atoms with Crippen LogP contribution < -0.4 is 10.1 Å². The normalized spacial score (nSPS) is 19.7. The molecule has 0 aliphatic carbocycles. The first-order chi connectivity index (χ1) is 10.2. The van der Waals surface area contributed by atoms with Gasteiger partial charge < -0.3 is 10.1 Å². The van der Waals surface area contributed by atoms with E-state index in [2.05, 4.69) is 17.1 Å². The third-order valence-corrected chi connectivity index (χ3v) is 4.41. The van der Waals surface area contributed by atoms with Crippen molar-refractivity contribution in [1.29, 1.82) is 0 Å². The van der Waals surface area contributed by atoms with Crippen molar-refractivity contribution < 1.29 is 4.74 Å². The zero-order valence-electron chi connectivity index (χ0n) is 13.2. The molecule has 21 heavy (non-hydrogen) atoms. The van der Waals surface area contributed by atoms with Crippen LogP contribution in [0.15, 0.2) is 18.2 Å². The summed E-state index contributed by atoms with van der Waals surface area (Å²) in [4.78, 5) is 2.57. The SMILES string of the molecule is CCCNCC1CCCCN1Cc1cc(Cl)ccc1OC. The fourth-order valence-corrected chi connectivity index (χ4v) is 3.23. The van der Waals surface area contributed by atoms with Crippen molar-refractivity contribution in [2.45, 2.75) is 45.2 Å². The molecule has 3 nitrogen and oxygen atoms in total. The second-order valence-corrected chi connectivity index (χ2v) is 6.22. The topological polar surface area (TPSA) is 24.5 Å². The molecule has 1 fully saturated rings. The summed E-state index contributed by atoms with van der Waals surface area (Å²) in [5.41, 5.74) is 1.19. The fraction of sp³-hybridized carbons (Fsp3) is 0.647. The molecular formula is C17H27ClN2O. The van der Waals surface area contributed by atoms with Gasteiger partial charge in [0.25, 0.3) is 0 Å². The molecule has 0 amide bonds. The zero-order chi connectivity index (χ0) is 15.1. The Bertz CT molecular complexity index is 439. The lowest BCUT2D eigenvalue weighted by Gasteiger charge is -2.36. The molecule has 4 heteroatoms. The Morgan fingerprint density at radius 2 is 2.24 bits per heavy atom. The Labute approximate surface area is 133 Å². The predicted molar refractivity (Wildman–Crippen MR) is 89.2 cm³/mol. The third kappa shape index (κ3) is 4.87. The molecule has 1 N–H and O–H groups in total. The standard InChI is InChI=1S/C17H27ClN2O/c1-3-9-19-12-16-6-4-5-10-20(16)13-14-11-15(18)7-8-17(14)21-2/h7-8,11,16,19H,3-6,9-10,12-13H2,1-2H3. The molecule has 0 bridgehead atoms. The van der Waals surface area contributed by atoms with Gasteiger partial charge in [-0.25, -0.2) is 0 Å². The van der Waals surface area contributed by atoms with E-state index in [1.807, 2.05) is 18.2 Å². The minimum absolute atomic E-state index is 0.619. The summed E-state index contributed by atoms with van der Waals surface area (Å²) in [6.07, 6.45) is 5.09. The smallest absolute Gasteiger partial charge is 0.123 e. The van der Waals surface area contributed by atoms with E-state index in [-0.39, 0.29) is 0 Å². The Kier molecular flexibility index (Phi) is 6.81. The van der Waals surface area contributed by atoms with Gasteiger partial charge in [-0.15, -0.1) is 0 Å². The lowest BCUT2D eigenvalue weighted by Crippen LogP contribution is -2.45. The maximum absolute atomic E-state index is 6.14. The van der Waals surface area contributed by atoms with Crippen LogP contribution in [0.3, 0.4) is 0 Å². The fourth-order valence-electron chi connectivity index (χ4n) is 3.03. The second-order valence-electron chi connectivity index (χ2n) is 5.78. The predicted octanol–water partition coefficient (Wildman–Crippen LogP) is 3.70. The largest absolute Gasteiger partial charge is 0.496 e. The van der Waals surface area contributed by atoms with E-state index in [1.165, 1.54) is 31.2 Å². The van der Waals surface area contributed by atoms with E-state index in [0.29, 0.717) is 6.04 Å². The zero-order valence-corrected chi connectivity index (χ0v) is 14.0. The molecule has 1 aliphatic rings. The summed E-state index contributed by atoms with van der Waals surface area (Å²) >= 11 is 6.14. The molecule has 1 aliphatic heterocycles. The van der Waals surface area contributed by atoms with E-state index in [9.17, 15) is 0 Å². The Hall–Kier alpha value is -0.770. The number of likely N-dealkylation sites (tertiary alicyclic amines) is 1. The van der Waals surface area contributed by atoms with E-state index in [4.69, 9.17) is 16.3 Å². The van der Waals surface area contributed by atoms with Crippen molar-refractivity contribution in [1.82, 2.24) is 10.2 Å². The number of ether oxygens (including phenoxy) is 1. The van der Waals surface area contributed by atoms with Gasteiger partial charge in [0.15, 0.2) is 0 Å². The molecule has 0 radical (unpaired) electrons. The number of rotatable bonds is 7. The molecule has 1 aromatic carbocycles. The number of nitrogens with zero attached hydrogens (tertiary/aromatic N) is 1. The van der Waals surface area contributed by atoms with Gasteiger partial charge in [-0.3, -0.25) is 4.90 Å². The Morgan fingerprint density at radius 3 is 3.00 bits per heavy atom. The van der Waals surface area contributed by atoms with Crippen LogP contribution in [-0.4, -0.2) is 37.7 Å². The molecule has 1 saturated heterocycles. The number of halogens is 1. The van der Waals surface area contributed by atoms with Crippen LogP contribution in [0.25, 0.3) is 0 Å². The number of nitrogens with one attached hydrogen (secondary N) is 1. The van der Waals surface area contributed by atoms with E-state index in [0.717, 1.165) is 37.0 Å². The van der Waals surface area contributed by atoms with Gasteiger partial charge >= 0.3 is 0 Å². The molecule has 0 saturated carbocycles. The summed E-state index contributed by atoms with van der Waals surface area (Å²) in [7, 11) is 1.73. The molecule has 118 valence electrons. The summed E-state index contributed by atoms with van der Waals surface area (Å²) in [6, 6.07) is 6.51.